The Morgan fingerprint density at radius 3 is 2.35 bits per heavy atom. The molecule has 0 saturated heterocycles. The summed E-state index contributed by atoms with van der Waals surface area (Å²) in [5.74, 6) is 0.00571. The standard InChI is InChI=1S/C15H12N8O2S/c1-8-9(7-16)15(26-22-8)21-19-11-6-12(24)10(5-13(11)25)18-20-14-3-4-17-23(14)2/h3-6,24-25H,1-2H3/b20-18+,21-19+. The highest BCUT2D eigenvalue weighted by Gasteiger charge is 2.11. The highest BCUT2D eigenvalue weighted by molar-refractivity contribution is 7.10. The molecule has 1 aromatic carbocycles. The van der Waals surface area contributed by atoms with Gasteiger partial charge in [-0.3, -0.25) is 0 Å². The van der Waals surface area contributed by atoms with E-state index in [0.29, 0.717) is 22.1 Å². The van der Waals surface area contributed by atoms with Crippen LogP contribution in [0.15, 0.2) is 44.9 Å². The van der Waals surface area contributed by atoms with Crippen molar-refractivity contribution in [2.45, 2.75) is 6.92 Å². The molecule has 0 unspecified atom stereocenters. The van der Waals surface area contributed by atoms with Gasteiger partial charge in [0.25, 0.3) is 0 Å². The Balaban J connectivity index is 1.88. The molecule has 0 spiro atoms. The van der Waals surface area contributed by atoms with Gasteiger partial charge in [0, 0.05) is 25.2 Å². The molecule has 0 bridgehead atoms. The first-order chi connectivity index (χ1) is 12.5. The number of aromatic nitrogens is 3. The van der Waals surface area contributed by atoms with Crippen molar-refractivity contribution in [1.29, 1.82) is 5.26 Å². The minimum Gasteiger partial charge on any atom is -0.506 e. The van der Waals surface area contributed by atoms with Crippen LogP contribution in [0.5, 0.6) is 11.5 Å². The van der Waals surface area contributed by atoms with Gasteiger partial charge < -0.3 is 10.2 Å². The van der Waals surface area contributed by atoms with E-state index in [9.17, 15) is 10.2 Å². The molecule has 0 radical (unpaired) electrons. The van der Waals surface area contributed by atoms with Crippen LogP contribution < -0.4 is 0 Å². The minimum atomic E-state index is -0.245. The molecule has 2 heterocycles. The lowest BCUT2D eigenvalue weighted by atomic mass is 10.2. The van der Waals surface area contributed by atoms with Crippen molar-refractivity contribution in [3.8, 4) is 17.6 Å². The highest BCUT2D eigenvalue weighted by Crippen LogP contribution is 2.40. The zero-order valence-corrected chi connectivity index (χ0v) is 14.5. The van der Waals surface area contributed by atoms with Crippen LogP contribution in [0.2, 0.25) is 0 Å². The van der Waals surface area contributed by atoms with E-state index in [4.69, 9.17) is 5.26 Å². The largest absolute Gasteiger partial charge is 0.506 e. The van der Waals surface area contributed by atoms with Gasteiger partial charge in [0.15, 0.2) is 10.8 Å². The van der Waals surface area contributed by atoms with Crippen LogP contribution in [-0.4, -0.2) is 24.4 Å². The Labute approximate surface area is 151 Å². The Morgan fingerprint density at radius 2 is 1.77 bits per heavy atom. The van der Waals surface area contributed by atoms with Crippen LogP contribution in [0.4, 0.5) is 22.2 Å². The molecule has 3 rings (SSSR count). The topological polar surface area (TPSA) is 144 Å². The van der Waals surface area contributed by atoms with Crippen LogP contribution in [0.3, 0.4) is 0 Å². The van der Waals surface area contributed by atoms with Crippen molar-refractivity contribution in [2.75, 3.05) is 0 Å². The van der Waals surface area contributed by atoms with Gasteiger partial charge in [0.05, 0.1) is 11.9 Å². The van der Waals surface area contributed by atoms with Gasteiger partial charge in [-0.2, -0.15) is 14.7 Å². The third-order valence-electron chi connectivity index (χ3n) is 3.33. The first-order valence-corrected chi connectivity index (χ1v) is 8.00. The molecular formula is C15H12N8O2S. The van der Waals surface area contributed by atoms with E-state index >= 15 is 0 Å². The third-order valence-corrected chi connectivity index (χ3v) is 4.16. The van der Waals surface area contributed by atoms with Gasteiger partial charge in [-0.05, 0) is 18.5 Å². The minimum absolute atomic E-state index is 0.0249. The molecule has 2 aromatic heterocycles. The van der Waals surface area contributed by atoms with E-state index in [0.717, 1.165) is 11.5 Å². The molecule has 0 amide bonds. The van der Waals surface area contributed by atoms with E-state index in [2.05, 4.69) is 29.9 Å². The number of phenols is 2. The van der Waals surface area contributed by atoms with Crippen LogP contribution in [-0.2, 0) is 7.05 Å². The Morgan fingerprint density at radius 1 is 1.12 bits per heavy atom. The summed E-state index contributed by atoms with van der Waals surface area (Å²) in [5, 5.41) is 49.1. The molecule has 0 aliphatic carbocycles. The average molecular weight is 368 g/mol. The zero-order valence-electron chi connectivity index (χ0n) is 13.7. The number of aryl methyl sites for hydroxylation is 2. The van der Waals surface area contributed by atoms with Crippen LogP contribution in [0.1, 0.15) is 11.3 Å². The smallest absolute Gasteiger partial charge is 0.176 e. The molecule has 0 aliphatic rings. The van der Waals surface area contributed by atoms with Gasteiger partial charge in [0.2, 0.25) is 0 Å². The molecule has 11 heteroatoms. The molecule has 0 fully saturated rings. The molecule has 3 aromatic rings. The Bertz CT molecular complexity index is 1060. The monoisotopic (exact) mass is 368 g/mol. The van der Waals surface area contributed by atoms with E-state index in [1.54, 1.807) is 26.2 Å². The van der Waals surface area contributed by atoms with E-state index in [1.165, 1.54) is 16.8 Å². The predicted molar refractivity (Wildman–Crippen MR) is 92.9 cm³/mol. The van der Waals surface area contributed by atoms with E-state index in [1.807, 2.05) is 6.07 Å². The molecule has 10 nitrogen and oxygen atoms in total. The van der Waals surface area contributed by atoms with Gasteiger partial charge >= 0.3 is 0 Å². The summed E-state index contributed by atoms with van der Waals surface area (Å²) >= 11 is 1.02. The average Bonchev–Trinajstić information content (AvgIpc) is 3.19. The van der Waals surface area contributed by atoms with Gasteiger partial charge in [-0.15, -0.1) is 20.5 Å². The number of nitrogens with zero attached hydrogens (tertiary/aromatic N) is 8. The second-order valence-corrected chi connectivity index (χ2v) is 5.85. The summed E-state index contributed by atoms with van der Waals surface area (Å²) < 4.78 is 5.54. The third kappa shape index (κ3) is 3.40. The first kappa shape index (κ1) is 17.2. The number of hydrogen-bond acceptors (Lipinski definition) is 10. The van der Waals surface area contributed by atoms with Crippen LogP contribution in [0, 0.1) is 18.3 Å². The van der Waals surface area contributed by atoms with Gasteiger partial charge in [-0.25, -0.2) is 4.68 Å². The highest BCUT2D eigenvalue weighted by atomic mass is 32.1. The molecule has 0 saturated carbocycles. The maximum absolute atomic E-state index is 10.1. The quantitative estimate of drug-likeness (QED) is 0.521. The summed E-state index contributed by atoms with van der Waals surface area (Å²) in [4.78, 5) is 0. The normalized spacial score (nSPS) is 11.4. The fourth-order valence-electron chi connectivity index (χ4n) is 1.94. The Hall–Kier alpha value is -3.65. The molecule has 26 heavy (non-hydrogen) atoms. The van der Waals surface area contributed by atoms with Gasteiger partial charge in [-0.1, -0.05) is 0 Å². The summed E-state index contributed by atoms with van der Waals surface area (Å²) in [7, 11) is 1.70. The van der Waals surface area contributed by atoms with Crippen LogP contribution >= 0.6 is 11.5 Å². The number of azo groups is 2. The number of rotatable bonds is 4. The van der Waals surface area contributed by atoms with Crippen molar-refractivity contribution in [2.24, 2.45) is 27.5 Å². The van der Waals surface area contributed by atoms with Crippen molar-refractivity contribution in [3.05, 3.63) is 35.7 Å². The lowest BCUT2D eigenvalue weighted by molar-refractivity contribution is 0.462. The van der Waals surface area contributed by atoms with Crippen LogP contribution in [0.25, 0.3) is 0 Å². The fraction of sp³-hybridized carbons (Fsp3) is 0.133. The van der Waals surface area contributed by atoms with Crippen molar-refractivity contribution < 1.29 is 10.2 Å². The lowest BCUT2D eigenvalue weighted by Gasteiger charge is -2.02. The number of phenolic OH excluding ortho intramolecular Hbond substituents is 2. The second-order valence-electron chi connectivity index (χ2n) is 5.10. The van der Waals surface area contributed by atoms with Crippen molar-refractivity contribution in [1.82, 2.24) is 14.2 Å². The molecule has 2 N–H and O–H groups in total. The molecule has 130 valence electrons. The van der Waals surface area contributed by atoms with Gasteiger partial charge in [0.1, 0.15) is 34.5 Å². The molecular weight excluding hydrogens is 356 g/mol. The molecule has 0 atom stereocenters. The summed E-state index contributed by atoms with van der Waals surface area (Å²) in [5.41, 5.74) is 0.972. The number of hydrogen-bond donors (Lipinski definition) is 2. The lowest BCUT2D eigenvalue weighted by Crippen LogP contribution is -1.86. The summed E-state index contributed by atoms with van der Waals surface area (Å²) in [6, 6.07) is 6.06. The van der Waals surface area contributed by atoms with E-state index in [-0.39, 0.29) is 22.9 Å². The maximum atomic E-state index is 10.1. The molecule has 0 aliphatic heterocycles. The number of aromatic hydroxyl groups is 2. The number of benzene rings is 1. The maximum Gasteiger partial charge on any atom is 0.176 e. The zero-order chi connectivity index (χ0) is 18.7. The van der Waals surface area contributed by atoms with E-state index < -0.39 is 0 Å². The second kappa shape index (κ2) is 7.08. The first-order valence-electron chi connectivity index (χ1n) is 7.23. The SMILES string of the molecule is Cc1nsc(/N=N/c2cc(O)c(/N=N/c3ccnn3C)cc2O)c1C#N. The van der Waals surface area contributed by atoms with Crippen molar-refractivity contribution >= 4 is 33.7 Å². The summed E-state index contributed by atoms with van der Waals surface area (Å²) in [6.07, 6.45) is 1.56. The Kier molecular flexibility index (Phi) is 4.68. The predicted octanol–water partition coefficient (Wildman–Crippen LogP) is 4.30. The number of nitriles is 1. The fourth-order valence-corrected chi connectivity index (χ4v) is 2.62. The van der Waals surface area contributed by atoms with Crippen molar-refractivity contribution in [3.63, 3.8) is 0 Å². The summed E-state index contributed by atoms with van der Waals surface area (Å²) in [6.45, 7) is 1.69.